The molecule has 0 radical (unpaired) electrons. The maximum absolute atomic E-state index is 11.7. The Kier molecular flexibility index (Phi) is 7.74. The number of hydrogen-bond acceptors (Lipinski definition) is 4. The number of carbonyl (C=O) groups is 3. The molecule has 2 amide bonds. The van der Waals surface area contributed by atoms with Gasteiger partial charge in [0.1, 0.15) is 6.04 Å². The van der Waals surface area contributed by atoms with Crippen LogP contribution in [0, 0.1) is 11.8 Å². The normalized spacial score (nSPS) is 13.9. The zero-order valence-electron chi connectivity index (χ0n) is 11.4. The number of rotatable bonds is 9. The van der Waals surface area contributed by atoms with Crippen molar-refractivity contribution in [2.75, 3.05) is 6.54 Å². The van der Waals surface area contributed by atoms with Gasteiger partial charge in [-0.3, -0.25) is 9.59 Å². The fourth-order valence-corrected chi connectivity index (χ4v) is 1.85. The van der Waals surface area contributed by atoms with Crippen LogP contribution in [0.5, 0.6) is 0 Å². The molecule has 110 valence electrons. The van der Waals surface area contributed by atoms with Crippen molar-refractivity contribution in [2.24, 2.45) is 23.3 Å². The van der Waals surface area contributed by atoms with Crippen LogP contribution < -0.4 is 16.8 Å². The van der Waals surface area contributed by atoms with Gasteiger partial charge in [-0.1, -0.05) is 13.8 Å². The van der Waals surface area contributed by atoms with Crippen molar-refractivity contribution in [3.05, 3.63) is 0 Å². The monoisotopic (exact) mass is 273 g/mol. The lowest BCUT2D eigenvalue weighted by Crippen LogP contribution is -2.44. The van der Waals surface area contributed by atoms with E-state index in [1.54, 1.807) is 0 Å². The number of aliphatic carboxylic acids is 1. The Balaban J connectivity index is 4.39. The van der Waals surface area contributed by atoms with Crippen LogP contribution in [0.4, 0.5) is 0 Å². The molecule has 0 aromatic carbocycles. The number of carbonyl (C=O) groups excluding carboxylic acids is 2. The molecule has 0 aliphatic carbocycles. The lowest BCUT2D eigenvalue weighted by atomic mass is 9.94. The smallest absolute Gasteiger partial charge is 0.326 e. The van der Waals surface area contributed by atoms with Gasteiger partial charge in [-0.15, -0.1) is 0 Å². The summed E-state index contributed by atoms with van der Waals surface area (Å²) in [7, 11) is 0. The van der Waals surface area contributed by atoms with Crippen LogP contribution >= 0.6 is 0 Å². The number of hydrogen-bond donors (Lipinski definition) is 4. The van der Waals surface area contributed by atoms with Crippen molar-refractivity contribution in [3.8, 4) is 0 Å². The average Bonchev–Trinajstić information content (AvgIpc) is 2.25. The summed E-state index contributed by atoms with van der Waals surface area (Å²) in [5.74, 6) is -2.07. The third-order valence-corrected chi connectivity index (χ3v) is 2.65. The summed E-state index contributed by atoms with van der Waals surface area (Å²) < 4.78 is 0. The van der Waals surface area contributed by atoms with Crippen molar-refractivity contribution in [3.63, 3.8) is 0 Å². The van der Waals surface area contributed by atoms with Crippen LogP contribution in [0.1, 0.15) is 33.1 Å². The van der Waals surface area contributed by atoms with Gasteiger partial charge in [-0.2, -0.15) is 0 Å². The molecule has 19 heavy (non-hydrogen) atoms. The fraction of sp³-hybridized carbons (Fsp3) is 0.750. The molecule has 7 nitrogen and oxygen atoms in total. The lowest BCUT2D eigenvalue weighted by Gasteiger charge is -2.18. The van der Waals surface area contributed by atoms with Crippen molar-refractivity contribution >= 4 is 17.8 Å². The number of primary amides is 1. The number of carboxylic acids is 1. The molecule has 0 saturated carbocycles. The Morgan fingerprint density at radius 3 is 2.16 bits per heavy atom. The van der Waals surface area contributed by atoms with E-state index < -0.39 is 30.2 Å². The molecule has 2 atom stereocenters. The molecule has 0 spiro atoms. The highest BCUT2D eigenvalue weighted by Crippen LogP contribution is 2.14. The van der Waals surface area contributed by atoms with E-state index in [9.17, 15) is 14.4 Å². The fourth-order valence-electron chi connectivity index (χ4n) is 1.85. The molecular formula is C12H23N3O4. The predicted octanol–water partition coefficient (Wildman–Crippen LogP) is -0.558. The first-order valence-corrected chi connectivity index (χ1v) is 6.26. The van der Waals surface area contributed by atoms with Crippen LogP contribution in [0.15, 0.2) is 0 Å². The van der Waals surface area contributed by atoms with Gasteiger partial charge in [-0.25, -0.2) is 4.79 Å². The second-order valence-corrected chi connectivity index (χ2v) is 5.06. The SMILES string of the molecule is CC(C)C[C@H](CN)CC(=O)N[C@H](CC(N)=O)C(=O)O. The van der Waals surface area contributed by atoms with E-state index in [4.69, 9.17) is 16.6 Å². The first-order valence-electron chi connectivity index (χ1n) is 6.26. The van der Waals surface area contributed by atoms with Gasteiger partial charge in [0.05, 0.1) is 6.42 Å². The molecule has 0 heterocycles. The molecule has 0 saturated heterocycles. The van der Waals surface area contributed by atoms with E-state index in [-0.39, 0.29) is 12.3 Å². The van der Waals surface area contributed by atoms with Crippen LogP contribution in [0.25, 0.3) is 0 Å². The van der Waals surface area contributed by atoms with Crippen molar-refractivity contribution in [2.45, 2.75) is 39.2 Å². The zero-order valence-corrected chi connectivity index (χ0v) is 11.4. The maximum atomic E-state index is 11.7. The Bertz CT molecular complexity index is 331. The summed E-state index contributed by atoms with van der Waals surface area (Å²) >= 11 is 0. The van der Waals surface area contributed by atoms with Crippen LogP contribution in [-0.4, -0.2) is 35.5 Å². The highest BCUT2D eigenvalue weighted by atomic mass is 16.4. The minimum Gasteiger partial charge on any atom is -0.480 e. The highest BCUT2D eigenvalue weighted by molar-refractivity contribution is 5.88. The summed E-state index contributed by atoms with van der Waals surface area (Å²) in [6.07, 6.45) is 0.521. The van der Waals surface area contributed by atoms with Crippen LogP contribution in [0.3, 0.4) is 0 Å². The first-order chi connectivity index (χ1) is 8.76. The molecule has 6 N–H and O–H groups in total. The van der Waals surface area contributed by atoms with E-state index in [0.717, 1.165) is 6.42 Å². The van der Waals surface area contributed by atoms with Gasteiger partial charge < -0.3 is 21.9 Å². The molecule has 7 heteroatoms. The van der Waals surface area contributed by atoms with Gasteiger partial charge in [0.15, 0.2) is 0 Å². The lowest BCUT2D eigenvalue weighted by molar-refractivity contribution is -0.143. The Morgan fingerprint density at radius 2 is 1.79 bits per heavy atom. The van der Waals surface area contributed by atoms with Gasteiger partial charge in [0.2, 0.25) is 11.8 Å². The van der Waals surface area contributed by atoms with E-state index in [2.05, 4.69) is 5.32 Å². The van der Waals surface area contributed by atoms with Crippen LogP contribution in [-0.2, 0) is 14.4 Å². The molecule has 0 aliphatic heterocycles. The van der Waals surface area contributed by atoms with E-state index >= 15 is 0 Å². The molecule has 0 rings (SSSR count). The third-order valence-electron chi connectivity index (χ3n) is 2.65. The average molecular weight is 273 g/mol. The maximum Gasteiger partial charge on any atom is 0.326 e. The van der Waals surface area contributed by atoms with Crippen LogP contribution in [0.2, 0.25) is 0 Å². The largest absolute Gasteiger partial charge is 0.480 e. The second kappa shape index (κ2) is 8.47. The van der Waals surface area contributed by atoms with Crippen molar-refractivity contribution < 1.29 is 19.5 Å². The number of carboxylic acid groups (broad SMARTS) is 1. The van der Waals surface area contributed by atoms with Crippen molar-refractivity contribution in [1.82, 2.24) is 5.32 Å². The number of nitrogens with one attached hydrogen (secondary N) is 1. The molecule has 0 bridgehead atoms. The Hall–Kier alpha value is -1.63. The summed E-state index contributed by atoms with van der Waals surface area (Å²) in [6.45, 7) is 4.40. The minimum absolute atomic E-state index is 0.00280. The first kappa shape index (κ1) is 17.4. The van der Waals surface area contributed by atoms with E-state index in [1.807, 2.05) is 13.8 Å². The molecular weight excluding hydrogens is 250 g/mol. The standard InChI is InChI=1S/C12H23N3O4/c1-7(2)3-8(6-13)4-11(17)15-9(12(18)19)5-10(14)16/h7-9H,3-6,13H2,1-2H3,(H2,14,16)(H,15,17)(H,18,19)/t8-,9+/m0/s1. The van der Waals surface area contributed by atoms with Gasteiger partial charge in [0, 0.05) is 6.42 Å². The summed E-state index contributed by atoms with van der Waals surface area (Å²) in [6, 6.07) is -1.28. The molecule has 0 fully saturated rings. The van der Waals surface area contributed by atoms with Gasteiger partial charge >= 0.3 is 5.97 Å². The second-order valence-electron chi connectivity index (χ2n) is 5.06. The molecule has 0 aromatic heterocycles. The zero-order chi connectivity index (χ0) is 15.0. The van der Waals surface area contributed by atoms with Crippen molar-refractivity contribution in [1.29, 1.82) is 0 Å². The molecule has 0 aliphatic rings. The number of nitrogens with two attached hydrogens (primary N) is 2. The summed E-state index contributed by atoms with van der Waals surface area (Å²) in [5, 5.41) is 11.2. The van der Waals surface area contributed by atoms with E-state index in [0.29, 0.717) is 12.5 Å². The topological polar surface area (TPSA) is 136 Å². The third kappa shape index (κ3) is 8.15. The van der Waals surface area contributed by atoms with E-state index in [1.165, 1.54) is 0 Å². The summed E-state index contributed by atoms with van der Waals surface area (Å²) in [5.41, 5.74) is 10.5. The molecule has 0 unspecified atom stereocenters. The van der Waals surface area contributed by atoms with Gasteiger partial charge in [-0.05, 0) is 24.8 Å². The van der Waals surface area contributed by atoms with Gasteiger partial charge in [0.25, 0.3) is 0 Å². The number of amides is 2. The molecule has 0 aromatic rings. The Labute approximate surface area is 112 Å². The predicted molar refractivity (Wildman–Crippen MR) is 70.0 cm³/mol. The summed E-state index contributed by atoms with van der Waals surface area (Å²) in [4.78, 5) is 33.3. The quantitative estimate of drug-likeness (QED) is 0.446. The minimum atomic E-state index is -1.28. The Morgan fingerprint density at radius 1 is 1.21 bits per heavy atom. The highest BCUT2D eigenvalue weighted by Gasteiger charge is 2.23.